The molecule has 1 aliphatic heterocycles. The Labute approximate surface area is 126 Å². The molecule has 1 N–H and O–H groups in total. The molecule has 21 heavy (non-hydrogen) atoms. The van der Waals surface area contributed by atoms with Crippen LogP contribution < -0.4 is 0 Å². The van der Waals surface area contributed by atoms with Crippen molar-refractivity contribution in [1.82, 2.24) is 14.5 Å². The molecule has 1 fully saturated rings. The van der Waals surface area contributed by atoms with E-state index in [4.69, 9.17) is 9.84 Å². The van der Waals surface area contributed by atoms with Crippen LogP contribution in [0.5, 0.6) is 0 Å². The van der Waals surface area contributed by atoms with Crippen LogP contribution >= 0.6 is 11.8 Å². The average Bonchev–Trinajstić information content (AvgIpc) is 2.86. The van der Waals surface area contributed by atoms with Crippen LogP contribution in [0, 0.1) is 6.92 Å². The van der Waals surface area contributed by atoms with Gasteiger partial charge in [0.05, 0.1) is 5.75 Å². The van der Waals surface area contributed by atoms with Crippen molar-refractivity contribution in [2.75, 3.05) is 19.0 Å². The molecule has 0 aromatic carbocycles. The highest BCUT2D eigenvalue weighted by Gasteiger charge is 2.23. The van der Waals surface area contributed by atoms with Crippen molar-refractivity contribution in [2.24, 2.45) is 0 Å². The summed E-state index contributed by atoms with van der Waals surface area (Å²) in [5.74, 6) is -0.832. The maximum Gasteiger partial charge on any atom is 0.313 e. The number of hydrogen-bond donors (Lipinski definition) is 1. The van der Waals surface area contributed by atoms with Crippen molar-refractivity contribution < 1.29 is 14.6 Å². The van der Waals surface area contributed by atoms with E-state index in [1.165, 1.54) is 11.8 Å². The molecule has 0 spiro atoms. The molecule has 3 rings (SSSR count). The number of thioether (sulfide) groups is 1. The van der Waals surface area contributed by atoms with Gasteiger partial charge in [-0.15, -0.1) is 0 Å². The van der Waals surface area contributed by atoms with E-state index in [1.54, 1.807) is 6.20 Å². The molecule has 0 aliphatic carbocycles. The maximum atomic E-state index is 10.8. The fourth-order valence-electron chi connectivity index (χ4n) is 2.59. The van der Waals surface area contributed by atoms with Crippen LogP contribution in [0.15, 0.2) is 17.4 Å². The lowest BCUT2D eigenvalue weighted by Gasteiger charge is -2.25. The Balaban J connectivity index is 2.06. The number of imidazole rings is 1. The number of aryl methyl sites for hydroxylation is 1. The van der Waals surface area contributed by atoms with Gasteiger partial charge in [-0.1, -0.05) is 11.8 Å². The number of hydrogen-bond acceptors (Lipinski definition) is 5. The highest BCUT2D eigenvalue weighted by molar-refractivity contribution is 7.99. The van der Waals surface area contributed by atoms with Crippen molar-refractivity contribution >= 4 is 28.9 Å². The minimum Gasteiger partial charge on any atom is -0.481 e. The third-order valence-electron chi connectivity index (χ3n) is 3.63. The molecule has 1 aliphatic rings. The topological polar surface area (TPSA) is 77.2 Å². The molecule has 0 bridgehead atoms. The summed E-state index contributed by atoms with van der Waals surface area (Å²) in [4.78, 5) is 19.9. The molecular formula is C14H17N3O3S. The van der Waals surface area contributed by atoms with Gasteiger partial charge >= 0.3 is 5.97 Å². The van der Waals surface area contributed by atoms with Crippen molar-refractivity contribution in [1.29, 1.82) is 0 Å². The first-order valence-electron chi connectivity index (χ1n) is 6.92. The van der Waals surface area contributed by atoms with E-state index in [9.17, 15) is 4.79 Å². The van der Waals surface area contributed by atoms with Gasteiger partial charge in [-0.3, -0.25) is 4.79 Å². The van der Waals surface area contributed by atoms with Crippen molar-refractivity contribution in [3.8, 4) is 0 Å². The number of rotatable bonds is 4. The molecule has 6 nitrogen and oxygen atoms in total. The van der Waals surface area contributed by atoms with Crippen LogP contribution in [0.2, 0.25) is 0 Å². The number of fused-ring (bicyclic) bond motifs is 1. The van der Waals surface area contributed by atoms with E-state index >= 15 is 0 Å². The standard InChI is InChI=1S/C14H17N3O3S/c1-9-2-5-15-13-12(9)16-14(21-8-11(18)19)17(13)10-3-6-20-7-4-10/h2,5,10H,3-4,6-8H2,1H3,(H,18,19). The SMILES string of the molecule is Cc1ccnc2c1nc(SCC(=O)O)n2C1CCOCC1. The Hall–Kier alpha value is -1.60. The van der Waals surface area contributed by atoms with Crippen molar-refractivity contribution in [3.05, 3.63) is 17.8 Å². The second kappa shape index (κ2) is 6.03. The van der Waals surface area contributed by atoms with E-state index in [1.807, 2.05) is 13.0 Å². The molecule has 2 aromatic heterocycles. The summed E-state index contributed by atoms with van der Waals surface area (Å²) >= 11 is 1.25. The van der Waals surface area contributed by atoms with Gasteiger partial charge in [0.25, 0.3) is 0 Å². The zero-order valence-electron chi connectivity index (χ0n) is 11.8. The summed E-state index contributed by atoms with van der Waals surface area (Å²) in [5.41, 5.74) is 2.76. The van der Waals surface area contributed by atoms with Crippen LogP contribution in [-0.4, -0.2) is 44.6 Å². The van der Waals surface area contributed by atoms with Crippen molar-refractivity contribution in [3.63, 3.8) is 0 Å². The first-order valence-corrected chi connectivity index (χ1v) is 7.91. The van der Waals surface area contributed by atoms with Gasteiger partial charge in [0.2, 0.25) is 0 Å². The second-order valence-electron chi connectivity index (χ2n) is 5.09. The monoisotopic (exact) mass is 307 g/mol. The fraction of sp³-hybridized carbons (Fsp3) is 0.500. The predicted octanol–water partition coefficient (Wildman–Crippen LogP) is 2.27. The van der Waals surface area contributed by atoms with E-state index in [0.717, 1.165) is 47.9 Å². The number of carboxylic acids is 1. The minimum absolute atomic E-state index is 0.00555. The van der Waals surface area contributed by atoms with Crippen LogP contribution in [-0.2, 0) is 9.53 Å². The van der Waals surface area contributed by atoms with Gasteiger partial charge in [0.1, 0.15) is 5.52 Å². The number of pyridine rings is 1. The van der Waals surface area contributed by atoms with E-state index < -0.39 is 5.97 Å². The summed E-state index contributed by atoms with van der Waals surface area (Å²) < 4.78 is 7.51. The summed E-state index contributed by atoms with van der Waals surface area (Å²) in [6.07, 6.45) is 3.59. The third kappa shape index (κ3) is 2.89. The second-order valence-corrected chi connectivity index (χ2v) is 6.03. The largest absolute Gasteiger partial charge is 0.481 e. The van der Waals surface area contributed by atoms with E-state index in [2.05, 4.69) is 14.5 Å². The highest BCUT2D eigenvalue weighted by Crippen LogP contribution is 2.32. The average molecular weight is 307 g/mol. The van der Waals surface area contributed by atoms with Crippen LogP contribution in [0.1, 0.15) is 24.4 Å². The molecule has 0 amide bonds. The summed E-state index contributed by atoms with van der Waals surface area (Å²) in [7, 11) is 0. The first kappa shape index (κ1) is 14.3. The molecule has 0 unspecified atom stereocenters. The molecule has 3 heterocycles. The number of carboxylic acid groups (broad SMARTS) is 1. The lowest BCUT2D eigenvalue weighted by atomic mass is 10.1. The number of ether oxygens (including phenoxy) is 1. The van der Waals surface area contributed by atoms with Crippen molar-refractivity contribution in [2.45, 2.75) is 31.0 Å². The number of nitrogens with zero attached hydrogens (tertiary/aromatic N) is 3. The van der Waals surface area contributed by atoms with Crippen LogP contribution in [0.25, 0.3) is 11.2 Å². The molecule has 0 radical (unpaired) electrons. The number of aromatic nitrogens is 3. The highest BCUT2D eigenvalue weighted by atomic mass is 32.2. The Morgan fingerprint density at radius 2 is 2.29 bits per heavy atom. The summed E-state index contributed by atoms with van der Waals surface area (Å²) in [6.45, 7) is 3.44. The van der Waals surface area contributed by atoms with Gasteiger partial charge in [-0.05, 0) is 31.4 Å². The molecular weight excluding hydrogens is 290 g/mol. The van der Waals surface area contributed by atoms with E-state index in [0.29, 0.717) is 0 Å². The van der Waals surface area contributed by atoms with Crippen LogP contribution in [0.4, 0.5) is 0 Å². The fourth-order valence-corrected chi connectivity index (χ4v) is 3.37. The molecule has 0 saturated carbocycles. The van der Waals surface area contributed by atoms with Gasteiger partial charge in [0, 0.05) is 25.5 Å². The Morgan fingerprint density at radius 1 is 1.52 bits per heavy atom. The van der Waals surface area contributed by atoms with Gasteiger partial charge in [0.15, 0.2) is 10.8 Å². The summed E-state index contributed by atoms with van der Waals surface area (Å²) in [5, 5.41) is 9.65. The summed E-state index contributed by atoms with van der Waals surface area (Å²) in [6, 6.07) is 2.20. The molecule has 1 saturated heterocycles. The number of aliphatic carboxylic acids is 1. The smallest absolute Gasteiger partial charge is 0.313 e. The molecule has 7 heteroatoms. The lowest BCUT2D eigenvalue weighted by Crippen LogP contribution is -2.20. The predicted molar refractivity (Wildman–Crippen MR) is 79.7 cm³/mol. The maximum absolute atomic E-state index is 10.8. The van der Waals surface area contributed by atoms with E-state index in [-0.39, 0.29) is 11.8 Å². The van der Waals surface area contributed by atoms with Gasteiger partial charge < -0.3 is 14.4 Å². The van der Waals surface area contributed by atoms with Crippen LogP contribution in [0.3, 0.4) is 0 Å². The first-order chi connectivity index (χ1) is 10.2. The zero-order valence-corrected chi connectivity index (χ0v) is 12.6. The zero-order chi connectivity index (χ0) is 14.8. The Morgan fingerprint density at radius 3 is 3.00 bits per heavy atom. The van der Waals surface area contributed by atoms with Gasteiger partial charge in [-0.2, -0.15) is 0 Å². The molecule has 2 aromatic rings. The van der Waals surface area contributed by atoms with Gasteiger partial charge in [-0.25, -0.2) is 9.97 Å². The quantitative estimate of drug-likeness (QED) is 0.873. The normalized spacial score (nSPS) is 16.4. The minimum atomic E-state index is -0.838. The Bertz CT molecular complexity index is 665. The third-order valence-corrected chi connectivity index (χ3v) is 4.57. The molecule has 0 atom stereocenters. The Kier molecular flexibility index (Phi) is 4.12. The lowest BCUT2D eigenvalue weighted by molar-refractivity contribution is -0.133. The number of carbonyl (C=O) groups is 1. The molecule has 112 valence electrons.